The number of ether oxygens (including phenoxy) is 1. The summed E-state index contributed by atoms with van der Waals surface area (Å²) in [5.41, 5.74) is 4.29. The number of carbonyl (C=O) groups is 3. The minimum absolute atomic E-state index is 0.0615. The first-order valence-electron chi connectivity index (χ1n) is 10.9. The molecule has 34 heavy (non-hydrogen) atoms. The zero-order valence-corrected chi connectivity index (χ0v) is 18.2. The first kappa shape index (κ1) is 22.9. The van der Waals surface area contributed by atoms with Gasteiger partial charge in [-0.15, -0.1) is 10.2 Å². The minimum atomic E-state index is -1.27. The number of alkyl carbamates (subject to hydrolysis) is 1. The van der Waals surface area contributed by atoms with Crippen LogP contribution in [0.4, 0.5) is 4.79 Å². The van der Waals surface area contributed by atoms with Crippen molar-refractivity contribution in [2.75, 3.05) is 13.2 Å². The molecule has 3 aromatic rings. The third-order valence-corrected chi connectivity index (χ3v) is 5.60. The second-order valence-corrected chi connectivity index (χ2v) is 7.84. The average molecular weight is 464 g/mol. The van der Waals surface area contributed by atoms with Crippen LogP contribution in [0.1, 0.15) is 35.7 Å². The number of benzene rings is 2. The van der Waals surface area contributed by atoms with Crippen LogP contribution in [0.3, 0.4) is 0 Å². The number of carboxylic acid groups (broad SMARTS) is 1. The molecule has 0 saturated heterocycles. The van der Waals surface area contributed by atoms with E-state index in [-0.39, 0.29) is 19.1 Å². The quantitative estimate of drug-likeness (QED) is 0.330. The number of aromatic nitrogens is 4. The molecule has 1 aliphatic carbocycles. The van der Waals surface area contributed by atoms with Gasteiger partial charge in [0.1, 0.15) is 12.6 Å². The Balaban J connectivity index is 1.32. The molecule has 2 amide bonds. The van der Waals surface area contributed by atoms with Crippen LogP contribution in [0, 0.1) is 0 Å². The van der Waals surface area contributed by atoms with E-state index in [0.717, 1.165) is 22.3 Å². The molecule has 4 rings (SSSR count). The summed E-state index contributed by atoms with van der Waals surface area (Å²) in [5.74, 6) is -1.46. The maximum atomic E-state index is 12.5. The lowest BCUT2D eigenvalue weighted by atomic mass is 9.98. The van der Waals surface area contributed by atoms with Crippen molar-refractivity contribution in [3.05, 3.63) is 65.5 Å². The number of hydrogen-bond donors (Lipinski definition) is 4. The molecule has 1 atom stereocenters. The predicted molar refractivity (Wildman–Crippen MR) is 120 cm³/mol. The van der Waals surface area contributed by atoms with E-state index in [1.165, 1.54) is 0 Å². The highest BCUT2D eigenvalue weighted by molar-refractivity contribution is 5.89. The van der Waals surface area contributed by atoms with Crippen molar-refractivity contribution in [3.63, 3.8) is 0 Å². The highest BCUT2D eigenvalue weighted by Gasteiger charge is 2.30. The molecule has 1 aromatic heterocycles. The van der Waals surface area contributed by atoms with E-state index in [4.69, 9.17) is 9.84 Å². The number of H-pyrrole nitrogens is 1. The van der Waals surface area contributed by atoms with Gasteiger partial charge in [0.25, 0.3) is 0 Å². The maximum absolute atomic E-state index is 12.5. The molecule has 176 valence electrons. The summed E-state index contributed by atoms with van der Waals surface area (Å²) in [6.45, 7) is 0.321. The predicted octanol–water partition coefficient (Wildman–Crippen LogP) is 1.63. The summed E-state index contributed by atoms with van der Waals surface area (Å²) in [7, 11) is 0. The van der Waals surface area contributed by atoms with E-state index in [0.29, 0.717) is 18.7 Å². The van der Waals surface area contributed by atoms with Crippen LogP contribution in [-0.2, 0) is 20.7 Å². The molecular formula is C23H24N6O5. The normalized spacial score (nSPS) is 12.9. The van der Waals surface area contributed by atoms with Crippen LogP contribution in [0.15, 0.2) is 48.5 Å². The maximum Gasteiger partial charge on any atom is 0.407 e. The van der Waals surface area contributed by atoms with Crippen LogP contribution in [0.5, 0.6) is 0 Å². The standard InChI is InChI=1S/C23H24N6O5/c30-21(31)12-19(22(32)24-11-5-10-20-26-28-29-27-20)25-23(33)34-13-18-16-8-3-1-6-14(16)15-7-2-4-9-17(15)18/h1-4,6-9,18-19H,5,10-13H2,(H,24,32)(H,25,33)(H,30,31)(H,26,27,28,29). The van der Waals surface area contributed by atoms with E-state index in [1.54, 1.807) is 0 Å². The molecular weight excluding hydrogens is 440 g/mol. The number of hydrogen-bond acceptors (Lipinski definition) is 7. The number of aryl methyl sites for hydroxylation is 1. The monoisotopic (exact) mass is 464 g/mol. The molecule has 0 fully saturated rings. The molecule has 0 radical (unpaired) electrons. The van der Waals surface area contributed by atoms with Gasteiger partial charge >= 0.3 is 12.1 Å². The van der Waals surface area contributed by atoms with E-state index in [9.17, 15) is 14.4 Å². The second-order valence-electron chi connectivity index (χ2n) is 7.84. The van der Waals surface area contributed by atoms with E-state index in [2.05, 4.69) is 31.3 Å². The van der Waals surface area contributed by atoms with Crippen molar-refractivity contribution in [1.29, 1.82) is 0 Å². The van der Waals surface area contributed by atoms with Crippen molar-refractivity contribution < 1.29 is 24.2 Å². The number of aliphatic carboxylic acids is 1. The Morgan fingerprint density at radius 3 is 2.35 bits per heavy atom. The number of amides is 2. The molecule has 0 spiro atoms. The second kappa shape index (κ2) is 10.6. The number of nitrogens with one attached hydrogen (secondary N) is 3. The smallest absolute Gasteiger partial charge is 0.407 e. The number of tetrazole rings is 1. The van der Waals surface area contributed by atoms with Crippen LogP contribution >= 0.6 is 0 Å². The summed E-state index contributed by atoms with van der Waals surface area (Å²) in [4.78, 5) is 36.2. The highest BCUT2D eigenvalue weighted by Crippen LogP contribution is 2.44. The summed E-state index contributed by atoms with van der Waals surface area (Å²) in [6.07, 6.45) is -0.410. The molecule has 1 heterocycles. The Bertz CT molecular complexity index is 1120. The first-order valence-corrected chi connectivity index (χ1v) is 10.9. The number of carboxylic acids is 1. The van der Waals surface area contributed by atoms with Gasteiger partial charge in [-0.1, -0.05) is 53.7 Å². The van der Waals surface area contributed by atoms with Gasteiger partial charge in [-0.2, -0.15) is 5.21 Å². The van der Waals surface area contributed by atoms with Gasteiger partial charge < -0.3 is 20.5 Å². The Morgan fingerprint density at radius 1 is 1.06 bits per heavy atom. The van der Waals surface area contributed by atoms with Gasteiger partial charge in [0.2, 0.25) is 5.91 Å². The third kappa shape index (κ3) is 5.37. The lowest BCUT2D eigenvalue weighted by Gasteiger charge is -2.18. The van der Waals surface area contributed by atoms with Crippen LogP contribution < -0.4 is 10.6 Å². The van der Waals surface area contributed by atoms with Crippen molar-refractivity contribution in [2.45, 2.75) is 31.2 Å². The van der Waals surface area contributed by atoms with Gasteiger partial charge in [0.15, 0.2) is 5.82 Å². The van der Waals surface area contributed by atoms with E-state index >= 15 is 0 Å². The Kier molecular flexibility index (Phi) is 7.11. The molecule has 0 saturated carbocycles. The molecule has 1 aliphatic rings. The Morgan fingerprint density at radius 2 is 1.74 bits per heavy atom. The summed E-state index contributed by atoms with van der Waals surface area (Å²) in [5, 5.41) is 27.6. The van der Waals surface area contributed by atoms with Crippen molar-refractivity contribution in [1.82, 2.24) is 31.3 Å². The largest absolute Gasteiger partial charge is 0.481 e. The molecule has 0 bridgehead atoms. The van der Waals surface area contributed by atoms with Gasteiger partial charge in [-0.25, -0.2) is 4.79 Å². The minimum Gasteiger partial charge on any atom is -0.481 e. The van der Waals surface area contributed by atoms with Gasteiger partial charge in [-0.05, 0) is 28.7 Å². The number of nitrogens with zero attached hydrogens (tertiary/aromatic N) is 3. The fraction of sp³-hybridized carbons (Fsp3) is 0.304. The average Bonchev–Trinajstić information content (AvgIpc) is 3.46. The number of fused-ring (bicyclic) bond motifs is 3. The fourth-order valence-corrected chi connectivity index (χ4v) is 4.04. The van der Waals surface area contributed by atoms with Crippen LogP contribution in [0.25, 0.3) is 11.1 Å². The van der Waals surface area contributed by atoms with Crippen molar-refractivity contribution in [3.8, 4) is 11.1 Å². The third-order valence-electron chi connectivity index (χ3n) is 5.60. The van der Waals surface area contributed by atoms with E-state index in [1.807, 2.05) is 48.5 Å². The van der Waals surface area contributed by atoms with Gasteiger partial charge in [-0.3, -0.25) is 9.59 Å². The zero-order valence-electron chi connectivity index (χ0n) is 18.2. The SMILES string of the molecule is O=C(O)CC(NC(=O)OCC1c2ccccc2-c2ccccc21)C(=O)NCCCc1nn[nH]n1. The molecule has 4 N–H and O–H groups in total. The summed E-state index contributed by atoms with van der Waals surface area (Å²) < 4.78 is 5.43. The van der Waals surface area contributed by atoms with Gasteiger partial charge in [0, 0.05) is 18.9 Å². The zero-order chi connectivity index (χ0) is 23.9. The van der Waals surface area contributed by atoms with Gasteiger partial charge in [0.05, 0.1) is 6.42 Å². The topological polar surface area (TPSA) is 159 Å². The van der Waals surface area contributed by atoms with Crippen LogP contribution in [0.2, 0.25) is 0 Å². The molecule has 1 unspecified atom stereocenters. The van der Waals surface area contributed by atoms with Crippen LogP contribution in [-0.4, -0.2) is 62.9 Å². The summed E-state index contributed by atoms with van der Waals surface area (Å²) in [6, 6.07) is 14.6. The first-order chi connectivity index (χ1) is 16.5. The fourth-order valence-electron chi connectivity index (χ4n) is 4.04. The molecule has 11 heteroatoms. The lowest BCUT2D eigenvalue weighted by molar-refractivity contribution is -0.139. The Labute approximate surface area is 194 Å². The Hall–Kier alpha value is -4.28. The molecule has 11 nitrogen and oxygen atoms in total. The number of carbonyl (C=O) groups excluding carboxylic acids is 2. The van der Waals surface area contributed by atoms with E-state index < -0.39 is 30.4 Å². The molecule has 2 aromatic carbocycles. The lowest BCUT2D eigenvalue weighted by Crippen LogP contribution is -2.48. The number of aromatic amines is 1. The highest BCUT2D eigenvalue weighted by atomic mass is 16.5. The number of rotatable bonds is 10. The summed E-state index contributed by atoms with van der Waals surface area (Å²) >= 11 is 0. The van der Waals surface area contributed by atoms with Crippen molar-refractivity contribution in [2.24, 2.45) is 0 Å². The molecule has 0 aliphatic heterocycles. The van der Waals surface area contributed by atoms with Crippen molar-refractivity contribution >= 4 is 18.0 Å².